The highest BCUT2D eigenvalue weighted by atomic mass is 32.2. The van der Waals surface area contributed by atoms with Crippen LogP contribution < -0.4 is 0 Å². The molecule has 0 bridgehead atoms. The fourth-order valence-electron chi connectivity index (χ4n) is 6.28. The number of ether oxygens (including phenoxy) is 1. The van der Waals surface area contributed by atoms with Gasteiger partial charge in [-0.2, -0.15) is 0 Å². The van der Waals surface area contributed by atoms with Crippen LogP contribution >= 0.6 is 35.3 Å². The van der Waals surface area contributed by atoms with Crippen LogP contribution in [0.2, 0.25) is 0 Å². The summed E-state index contributed by atoms with van der Waals surface area (Å²) in [5.41, 5.74) is 3.44. The molecule has 2 aromatic rings. The van der Waals surface area contributed by atoms with Crippen molar-refractivity contribution in [2.75, 3.05) is 24.3 Å². The highest BCUT2D eigenvalue weighted by Gasteiger charge is 2.50. The topological polar surface area (TPSA) is 74.5 Å². The summed E-state index contributed by atoms with van der Waals surface area (Å²) >= 11 is 5.41. The molecule has 6 nitrogen and oxygen atoms in total. The number of aldehydes is 1. The molecule has 3 heterocycles. The molecule has 0 saturated carbocycles. The molecule has 0 aromatic heterocycles. The Morgan fingerprint density at radius 3 is 2.54 bits per heavy atom. The summed E-state index contributed by atoms with van der Waals surface area (Å²) in [6, 6.07) is 14.7. The van der Waals surface area contributed by atoms with E-state index in [-0.39, 0.29) is 29.0 Å². The number of hydrogen-bond acceptors (Lipinski definition) is 9. The fourth-order valence-corrected chi connectivity index (χ4v) is 10.5. The summed E-state index contributed by atoms with van der Waals surface area (Å²) in [6.07, 6.45) is 5.28. The molecule has 9 heteroatoms. The summed E-state index contributed by atoms with van der Waals surface area (Å²) in [5.74, 6) is 2.82. The number of unbranched alkanes of at least 4 members (excludes halogenated alkanes) is 2. The average molecular weight is 684 g/mol. The third kappa shape index (κ3) is 8.43. The Morgan fingerprint density at radius 1 is 1.13 bits per heavy atom. The van der Waals surface area contributed by atoms with E-state index in [1.54, 1.807) is 29.6 Å². The molecular formula is C37H53N3O3S3. The molecule has 5 atom stereocenters. The number of benzene rings is 2. The van der Waals surface area contributed by atoms with Crippen molar-refractivity contribution in [1.82, 2.24) is 4.90 Å². The molecule has 5 rings (SSSR count). The van der Waals surface area contributed by atoms with E-state index in [4.69, 9.17) is 14.7 Å². The van der Waals surface area contributed by atoms with Gasteiger partial charge < -0.3 is 14.6 Å². The summed E-state index contributed by atoms with van der Waals surface area (Å²) in [5, 5.41) is 13.1. The van der Waals surface area contributed by atoms with E-state index < -0.39 is 5.54 Å². The zero-order chi connectivity index (χ0) is 33.5. The number of carbonyl (C=O) groups is 1. The van der Waals surface area contributed by atoms with Gasteiger partial charge in [0.2, 0.25) is 0 Å². The quantitative estimate of drug-likeness (QED) is 0.168. The Labute approximate surface area is 290 Å². The third-order valence-corrected chi connectivity index (χ3v) is 13.3. The van der Waals surface area contributed by atoms with E-state index in [1.807, 2.05) is 38.6 Å². The third-order valence-electron chi connectivity index (χ3n) is 9.03. The molecule has 1 N–H and O–H groups in total. The average Bonchev–Trinajstić information content (AvgIpc) is 3.79. The second-order valence-electron chi connectivity index (χ2n) is 13.2. The van der Waals surface area contributed by atoms with Crippen molar-refractivity contribution < 1.29 is 14.6 Å². The number of aryl methyl sites for hydroxylation is 2. The lowest BCUT2D eigenvalue weighted by Gasteiger charge is -2.41. The van der Waals surface area contributed by atoms with E-state index >= 15 is 0 Å². The standard InChI is InChI=1S/C35H47N3O3S3.C2H6/c1-7-8-9-11-25-12-10-13-28(40)29(25)31-36-26(19-42-31)32-38(6)27(20-43-32)30(41-18-24-16-14-23(2)15-17-24)34(3,4)33-37-35(5,21-39)22-44-33;1-2/h10,12-17,21,26-27,30,32,40H,7-9,11,18-20,22H2,1-6H3;1-2H3. The molecular weight excluding hydrogens is 631 g/mol. The number of phenols is 1. The van der Waals surface area contributed by atoms with Crippen molar-refractivity contribution in [1.29, 1.82) is 0 Å². The fraction of sp³-hybridized carbons (Fsp3) is 0.595. The van der Waals surface area contributed by atoms with Crippen LogP contribution in [0.4, 0.5) is 0 Å². The number of rotatable bonds is 13. The van der Waals surface area contributed by atoms with Crippen LogP contribution in [0, 0.1) is 12.3 Å². The van der Waals surface area contributed by atoms with Gasteiger partial charge in [0.15, 0.2) is 0 Å². The van der Waals surface area contributed by atoms with Gasteiger partial charge in [0.1, 0.15) is 22.6 Å². The van der Waals surface area contributed by atoms with Crippen LogP contribution in [0.15, 0.2) is 52.4 Å². The van der Waals surface area contributed by atoms with Gasteiger partial charge in [0, 0.05) is 28.7 Å². The van der Waals surface area contributed by atoms with Crippen LogP contribution in [-0.4, -0.2) is 79.8 Å². The smallest absolute Gasteiger partial charge is 0.148 e. The van der Waals surface area contributed by atoms with Gasteiger partial charge in [-0.25, -0.2) is 0 Å². The normalized spacial score (nSPS) is 25.5. The van der Waals surface area contributed by atoms with Gasteiger partial charge in [-0.15, -0.1) is 35.3 Å². The number of likely N-dealkylation sites (N-methyl/N-ethyl adjacent to an activating group) is 1. The van der Waals surface area contributed by atoms with E-state index in [0.29, 0.717) is 18.1 Å². The molecule has 0 aliphatic carbocycles. The minimum absolute atomic E-state index is 0.121. The van der Waals surface area contributed by atoms with Crippen molar-refractivity contribution in [2.24, 2.45) is 15.4 Å². The SMILES string of the molecule is CC.CCCCCc1cccc(O)c1C1=NC(C2SCC(C(OCc3ccc(C)cc3)C(C)(C)C3=NC(C)(C=O)CS3)N2C)CS1. The predicted molar refractivity (Wildman–Crippen MR) is 201 cm³/mol. The molecule has 252 valence electrons. The first-order valence-corrected chi connectivity index (χ1v) is 19.8. The number of carbonyl (C=O) groups excluding carboxylic acids is 1. The van der Waals surface area contributed by atoms with Gasteiger partial charge in [-0.05, 0) is 50.9 Å². The first-order chi connectivity index (χ1) is 22.1. The van der Waals surface area contributed by atoms with Crippen LogP contribution in [0.25, 0.3) is 0 Å². The molecule has 46 heavy (non-hydrogen) atoms. The number of hydrogen-bond donors (Lipinski definition) is 1. The van der Waals surface area contributed by atoms with Crippen LogP contribution in [0.5, 0.6) is 5.75 Å². The molecule has 3 aliphatic rings. The van der Waals surface area contributed by atoms with E-state index in [2.05, 4.69) is 70.0 Å². The van der Waals surface area contributed by atoms with Gasteiger partial charge in [-0.1, -0.05) is 89.4 Å². The van der Waals surface area contributed by atoms with Crippen molar-refractivity contribution in [3.8, 4) is 5.75 Å². The second kappa shape index (κ2) is 16.6. The molecule has 3 aliphatic heterocycles. The predicted octanol–water partition coefficient (Wildman–Crippen LogP) is 8.41. The Kier molecular flexibility index (Phi) is 13.3. The Balaban J connectivity index is 0.00000235. The minimum Gasteiger partial charge on any atom is -0.507 e. The van der Waals surface area contributed by atoms with Gasteiger partial charge in [-0.3, -0.25) is 14.9 Å². The lowest BCUT2D eigenvalue weighted by Crippen LogP contribution is -2.53. The summed E-state index contributed by atoms with van der Waals surface area (Å²) in [7, 11) is 2.21. The first-order valence-electron chi connectivity index (χ1n) is 16.8. The summed E-state index contributed by atoms with van der Waals surface area (Å²) in [6.45, 7) is 15.2. The van der Waals surface area contributed by atoms with E-state index in [1.165, 1.54) is 24.0 Å². The Morgan fingerprint density at radius 2 is 1.87 bits per heavy atom. The number of thioether (sulfide) groups is 3. The van der Waals surface area contributed by atoms with Crippen molar-refractivity contribution in [3.63, 3.8) is 0 Å². The molecule has 0 amide bonds. The number of aliphatic imine (C=N–C) groups is 2. The number of aromatic hydroxyl groups is 1. The molecule has 0 spiro atoms. The highest BCUT2D eigenvalue weighted by Crippen LogP contribution is 2.45. The number of phenolic OH excluding ortho intramolecular Hbond substituents is 1. The van der Waals surface area contributed by atoms with Crippen LogP contribution in [0.1, 0.15) is 83.1 Å². The molecule has 1 fully saturated rings. The zero-order valence-electron chi connectivity index (χ0n) is 28.9. The van der Waals surface area contributed by atoms with Crippen molar-refractivity contribution in [2.45, 2.75) is 110 Å². The monoisotopic (exact) mass is 683 g/mol. The second-order valence-corrected chi connectivity index (χ2v) is 16.3. The Bertz CT molecular complexity index is 1380. The molecule has 5 unspecified atom stereocenters. The zero-order valence-corrected chi connectivity index (χ0v) is 31.4. The largest absolute Gasteiger partial charge is 0.507 e. The molecule has 0 radical (unpaired) electrons. The minimum atomic E-state index is -0.678. The van der Waals surface area contributed by atoms with Gasteiger partial charge in [0.25, 0.3) is 0 Å². The molecule has 1 saturated heterocycles. The van der Waals surface area contributed by atoms with Gasteiger partial charge >= 0.3 is 0 Å². The van der Waals surface area contributed by atoms with E-state index in [0.717, 1.165) is 51.8 Å². The van der Waals surface area contributed by atoms with Crippen LogP contribution in [-0.2, 0) is 22.6 Å². The Hall–Kier alpha value is -1.78. The lowest BCUT2D eigenvalue weighted by atomic mass is 9.82. The first kappa shape index (κ1) is 37.0. The molecule has 2 aromatic carbocycles. The highest BCUT2D eigenvalue weighted by molar-refractivity contribution is 8.15. The maximum absolute atomic E-state index is 11.9. The summed E-state index contributed by atoms with van der Waals surface area (Å²) in [4.78, 5) is 24.5. The summed E-state index contributed by atoms with van der Waals surface area (Å²) < 4.78 is 6.87. The van der Waals surface area contributed by atoms with Crippen molar-refractivity contribution >= 4 is 51.7 Å². The number of nitrogens with zero attached hydrogens (tertiary/aromatic N) is 3. The van der Waals surface area contributed by atoms with Gasteiger partial charge in [0.05, 0.1) is 34.7 Å². The van der Waals surface area contributed by atoms with E-state index in [9.17, 15) is 9.90 Å². The maximum atomic E-state index is 11.9. The lowest BCUT2D eigenvalue weighted by molar-refractivity contribution is -0.111. The maximum Gasteiger partial charge on any atom is 0.148 e. The van der Waals surface area contributed by atoms with Crippen LogP contribution in [0.3, 0.4) is 0 Å². The van der Waals surface area contributed by atoms with Crippen molar-refractivity contribution in [3.05, 3.63) is 64.7 Å².